The summed E-state index contributed by atoms with van der Waals surface area (Å²) in [5, 5.41) is 2.90. The summed E-state index contributed by atoms with van der Waals surface area (Å²) in [5.74, 6) is -0.939. The summed E-state index contributed by atoms with van der Waals surface area (Å²) in [6.45, 7) is 8.51. The molecule has 5 rings (SSSR count). The Morgan fingerprint density at radius 3 is 2.25 bits per heavy atom. The molecule has 166 valence electrons. The van der Waals surface area contributed by atoms with Crippen LogP contribution in [-0.4, -0.2) is 21.9 Å². The van der Waals surface area contributed by atoms with Gasteiger partial charge >= 0.3 is 105 Å². The Bertz CT molecular complexity index is 1230. The van der Waals surface area contributed by atoms with Crippen molar-refractivity contribution in [3.63, 3.8) is 0 Å². The van der Waals surface area contributed by atoms with Crippen molar-refractivity contribution in [1.82, 2.24) is 4.90 Å². The van der Waals surface area contributed by atoms with Crippen molar-refractivity contribution in [1.29, 1.82) is 0 Å². The summed E-state index contributed by atoms with van der Waals surface area (Å²) in [7, 11) is 0. The predicted molar refractivity (Wildman–Crippen MR) is 130 cm³/mol. The Kier molecular flexibility index (Phi) is 8.23. The van der Waals surface area contributed by atoms with Gasteiger partial charge in [0, 0.05) is 0 Å². The summed E-state index contributed by atoms with van der Waals surface area (Å²) in [4.78, 5) is 2.07. The van der Waals surface area contributed by atoms with Crippen LogP contribution in [-0.2, 0) is 20.0 Å². The number of piperidine rings is 1. The van der Waals surface area contributed by atoms with Crippen LogP contribution in [0.25, 0.3) is 26.3 Å². The molecule has 0 amide bonds. The SMILES string of the molecule is Cc1c(C)[c-](C)c2c1sc1ccccc12.Fc1cccc(F)c1[C](=[Ti+2])N1CCCCC1.[NH2-]. The Morgan fingerprint density at radius 1 is 0.969 bits per heavy atom. The maximum absolute atomic E-state index is 13.6. The maximum atomic E-state index is 13.6. The van der Waals surface area contributed by atoms with Crippen LogP contribution in [0.5, 0.6) is 0 Å². The molecule has 0 aliphatic carbocycles. The maximum Gasteiger partial charge on any atom is -0.693 e. The zero-order chi connectivity index (χ0) is 22.1. The third-order valence-corrected chi connectivity index (χ3v) is 8.48. The number of halogens is 2. The minimum Gasteiger partial charge on any atom is -0.693 e. The molecular weight excluding hydrogens is 458 g/mol. The van der Waals surface area contributed by atoms with E-state index < -0.39 is 11.6 Å². The van der Waals surface area contributed by atoms with Crippen LogP contribution in [0.3, 0.4) is 0 Å². The van der Waals surface area contributed by atoms with Crippen LogP contribution in [0.15, 0.2) is 42.5 Å². The first kappa shape index (κ1) is 25.0. The van der Waals surface area contributed by atoms with Gasteiger partial charge in [-0.05, 0) is 4.70 Å². The first-order valence-corrected chi connectivity index (χ1v) is 12.3. The summed E-state index contributed by atoms with van der Waals surface area (Å²) >= 11 is 3.72. The molecule has 0 bridgehead atoms. The molecule has 6 heteroatoms. The number of rotatable bonds is 2. The summed E-state index contributed by atoms with van der Waals surface area (Å²) in [6.07, 6.45) is 3.42. The van der Waals surface area contributed by atoms with Gasteiger partial charge in [0.1, 0.15) is 0 Å². The largest absolute Gasteiger partial charge is 0.693 e. The van der Waals surface area contributed by atoms with Gasteiger partial charge in [-0.1, -0.05) is 55.1 Å². The predicted octanol–water partition coefficient (Wildman–Crippen LogP) is 7.89. The molecule has 2 nitrogen and oxygen atoms in total. The first-order chi connectivity index (χ1) is 14.9. The number of thiophene rings is 1. The zero-order valence-electron chi connectivity index (χ0n) is 18.8. The minimum absolute atomic E-state index is 0. The number of likely N-dealkylation sites (tertiary alicyclic amines) is 1. The number of nitrogens with two attached hydrogens (primary N) is 1. The van der Waals surface area contributed by atoms with Crippen molar-refractivity contribution in [3.05, 3.63) is 82.5 Å². The Hall–Kier alpha value is -1.63. The van der Waals surface area contributed by atoms with E-state index in [2.05, 4.69) is 49.9 Å². The van der Waals surface area contributed by atoms with Crippen LogP contribution in [0.2, 0.25) is 0 Å². The van der Waals surface area contributed by atoms with Crippen molar-refractivity contribution in [2.24, 2.45) is 0 Å². The molecule has 0 unspecified atom stereocenters. The van der Waals surface area contributed by atoms with E-state index in [1.54, 1.807) is 20.0 Å². The van der Waals surface area contributed by atoms with Crippen molar-refractivity contribution in [2.45, 2.75) is 40.0 Å². The van der Waals surface area contributed by atoms with Gasteiger partial charge in [0.25, 0.3) is 0 Å². The molecule has 1 aliphatic heterocycles. The van der Waals surface area contributed by atoms with E-state index in [-0.39, 0.29) is 11.7 Å². The molecule has 1 aliphatic rings. The molecule has 0 saturated carbocycles. The molecule has 2 heterocycles. The first-order valence-electron chi connectivity index (χ1n) is 10.7. The monoisotopic (exact) mass is 486 g/mol. The second-order valence-corrected chi connectivity index (χ2v) is 9.96. The standard InChI is InChI=1S/C14H13S.C12H13F2N.H2N.Ti/c1-8-9(2)13-11-6-4-5-7-12(11)15-14(13)10(8)3;13-11-5-4-6-12(14)10(11)9-15-7-2-1-3-8-15;;/h4-7H,1-3H3;4-6H,1-3,7-8H2;1H2;/q-1;;-1;+2. The van der Waals surface area contributed by atoms with Crippen molar-refractivity contribution >= 4 is 35.4 Å². The molecule has 1 aromatic heterocycles. The number of hydrogen-bond acceptors (Lipinski definition) is 2. The van der Waals surface area contributed by atoms with E-state index in [0.717, 1.165) is 29.9 Å². The summed E-state index contributed by atoms with van der Waals surface area (Å²) < 4.78 is 30.7. The minimum atomic E-state index is -0.469. The van der Waals surface area contributed by atoms with E-state index in [9.17, 15) is 8.78 Å². The molecule has 0 spiro atoms. The van der Waals surface area contributed by atoms with E-state index in [1.807, 2.05) is 11.3 Å². The fourth-order valence-corrected chi connectivity index (χ4v) is 6.36. The molecule has 1 saturated heterocycles. The van der Waals surface area contributed by atoms with Crippen LogP contribution >= 0.6 is 11.3 Å². The average Bonchev–Trinajstić information content (AvgIpc) is 3.26. The smallest absolute Gasteiger partial charge is 0.693 e. The van der Waals surface area contributed by atoms with E-state index in [4.69, 9.17) is 0 Å². The number of fused-ring (bicyclic) bond motifs is 3. The molecule has 0 radical (unpaired) electrons. The van der Waals surface area contributed by atoms with Crippen molar-refractivity contribution in [2.75, 3.05) is 13.1 Å². The van der Waals surface area contributed by atoms with Crippen LogP contribution in [0.1, 0.15) is 41.5 Å². The summed E-state index contributed by atoms with van der Waals surface area (Å²) in [5.41, 5.74) is 4.51. The fourth-order valence-electron chi connectivity index (χ4n) is 4.32. The van der Waals surface area contributed by atoms with Gasteiger partial charge in [-0.2, -0.15) is 0 Å². The van der Waals surface area contributed by atoms with E-state index >= 15 is 0 Å². The van der Waals surface area contributed by atoms with Gasteiger partial charge in [0.15, 0.2) is 0 Å². The molecule has 4 aromatic rings. The summed E-state index contributed by atoms with van der Waals surface area (Å²) in [6, 6.07) is 12.7. The van der Waals surface area contributed by atoms with Gasteiger partial charge in [-0.3, -0.25) is 0 Å². The van der Waals surface area contributed by atoms with Gasteiger partial charge < -0.3 is 6.15 Å². The van der Waals surface area contributed by atoms with Gasteiger partial charge in [-0.15, -0.1) is 22.1 Å². The third kappa shape index (κ3) is 4.68. The van der Waals surface area contributed by atoms with Crippen molar-refractivity contribution < 1.29 is 28.8 Å². The third-order valence-electron chi connectivity index (χ3n) is 6.31. The van der Waals surface area contributed by atoms with Crippen LogP contribution in [0, 0.1) is 32.4 Å². The van der Waals surface area contributed by atoms with Gasteiger partial charge in [0.05, 0.1) is 0 Å². The van der Waals surface area contributed by atoms with Crippen molar-refractivity contribution in [3.8, 4) is 0 Å². The second kappa shape index (κ2) is 10.5. The Morgan fingerprint density at radius 2 is 1.59 bits per heavy atom. The molecule has 32 heavy (non-hydrogen) atoms. The molecular formula is C26H28F2N2STi. The van der Waals surface area contributed by atoms with Gasteiger partial charge in [0.2, 0.25) is 0 Å². The zero-order valence-corrected chi connectivity index (χ0v) is 21.1. The Labute approximate surface area is 204 Å². The second-order valence-electron chi connectivity index (χ2n) is 8.17. The topological polar surface area (TPSA) is 36.7 Å². The number of nitrogens with zero attached hydrogens (tertiary/aromatic N) is 1. The Balaban J connectivity index is 0.000000175. The average molecular weight is 486 g/mol. The molecule has 3 aromatic carbocycles. The molecule has 1 fully saturated rings. The normalized spacial score (nSPS) is 14.2. The molecule has 0 atom stereocenters. The van der Waals surface area contributed by atoms with E-state index in [0.29, 0.717) is 0 Å². The number of aryl methyl sites for hydroxylation is 2. The van der Waals surface area contributed by atoms with Gasteiger partial charge in [-0.25, -0.2) is 11.3 Å². The quantitative estimate of drug-likeness (QED) is 0.210. The number of benzene rings is 2. The van der Waals surface area contributed by atoms with Crippen LogP contribution < -0.4 is 0 Å². The molecule has 2 N–H and O–H groups in total. The van der Waals surface area contributed by atoms with Crippen LogP contribution in [0.4, 0.5) is 8.78 Å². The van der Waals surface area contributed by atoms with E-state index in [1.165, 1.54) is 61.5 Å². The number of hydrogen-bond donors (Lipinski definition) is 0. The fraction of sp³-hybridized carbons (Fsp3) is 0.308.